The fourth-order valence-corrected chi connectivity index (χ4v) is 7.28. The van der Waals surface area contributed by atoms with Crippen LogP contribution in [0.1, 0.15) is 106 Å². The summed E-state index contributed by atoms with van der Waals surface area (Å²) < 4.78 is 2.61. The van der Waals surface area contributed by atoms with E-state index < -0.39 is 0 Å². The molecule has 0 amide bonds. The van der Waals surface area contributed by atoms with E-state index >= 15 is 0 Å². The summed E-state index contributed by atoms with van der Waals surface area (Å²) in [5, 5.41) is 1.47. The van der Waals surface area contributed by atoms with Crippen molar-refractivity contribution in [1.82, 2.24) is 4.57 Å². The maximum atomic E-state index is 5.92. The molecule has 0 spiro atoms. The van der Waals surface area contributed by atoms with Gasteiger partial charge in [0.15, 0.2) is 0 Å². The van der Waals surface area contributed by atoms with E-state index in [0.29, 0.717) is 5.92 Å². The van der Waals surface area contributed by atoms with Gasteiger partial charge in [0.2, 0.25) is 0 Å². The molecule has 0 radical (unpaired) electrons. The lowest BCUT2D eigenvalue weighted by Crippen LogP contribution is -2.21. The first-order chi connectivity index (χ1) is 17.7. The van der Waals surface area contributed by atoms with Crippen molar-refractivity contribution < 1.29 is 0 Å². The Kier molecular flexibility index (Phi) is 8.85. The SMILES string of the molecule is Cc1cccc(C(CCCCC2CCC(CN)CC2)c2cn(CC3CCCCC3)c3ccccc23)c1. The minimum atomic E-state index is 0.482. The van der Waals surface area contributed by atoms with Gasteiger partial charge >= 0.3 is 0 Å². The van der Waals surface area contributed by atoms with Gasteiger partial charge in [-0.15, -0.1) is 0 Å². The summed E-state index contributed by atoms with van der Waals surface area (Å²) in [6.07, 6.45) is 20.4. The molecule has 2 saturated carbocycles. The van der Waals surface area contributed by atoms with Gasteiger partial charge in [0.1, 0.15) is 0 Å². The number of benzene rings is 2. The van der Waals surface area contributed by atoms with Crippen LogP contribution >= 0.6 is 0 Å². The average Bonchev–Trinajstić information content (AvgIpc) is 3.27. The lowest BCUT2D eigenvalue weighted by atomic mass is 9.79. The molecule has 1 heterocycles. The van der Waals surface area contributed by atoms with E-state index in [-0.39, 0.29) is 0 Å². The first-order valence-corrected chi connectivity index (χ1v) is 15.1. The second kappa shape index (κ2) is 12.5. The molecule has 2 aliphatic carbocycles. The van der Waals surface area contributed by atoms with Crippen molar-refractivity contribution >= 4 is 10.9 Å². The zero-order valence-electron chi connectivity index (χ0n) is 22.6. The summed E-state index contributed by atoms with van der Waals surface area (Å²) in [5.41, 5.74) is 11.8. The van der Waals surface area contributed by atoms with Crippen LogP contribution in [0.25, 0.3) is 10.9 Å². The van der Waals surface area contributed by atoms with Crippen LogP contribution in [0.3, 0.4) is 0 Å². The predicted octanol–water partition coefficient (Wildman–Crippen LogP) is 8.99. The maximum absolute atomic E-state index is 5.92. The number of unbranched alkanes of at least 4 members (excludes halogenated alkanes) is 1. The van der Waals surface area contributed by atoms with Crippen LogP contribution in [0.2, 0.25) is 0 Å². The Labute approximate surface area is 219 Å². The molecule has 0 aliphatic heterocycles. The molecule has 1 unspecified atom stereocenters. The van der Waals surface area contributed by atoms with Crippen LogP contribution in [0.15, 0.2) is 54.7 Å². The molecule has 3 aromatic rings. The summed E-state index contributed by atoms with van der Waals surface area (Å²) in [5.74, 6) is 3.05. The first kappa shape index (κ1) is 25.6. The quantitative estimate of drug-likeness (QED) is 0.286. The van der Waals surface area contributed by atoms with Crippen LogP contribution in [0.5, 0.6) is 0 Å². The first-order valence-electron chi connectivity index (χ1n) is 15.1. The summed E-state index contributed by atoms with van der Waals surface area (Å²) in [6, 6.07) is 18.5. The number of hydrogen-bond donors (Lipinski definition) is 1. The third-order valence-electron chi connectivity index (χ3n) is 9.47. The highest BCUT2D eigenvalue weighted by atomic mass is 15.0. The van der Waals surface area contributed by atoms with Gasteiger partial charge in [0, 0.05) is 29.6 Å². The number of nitrogens with zero attached hydrogens (tertiary/aromatic N) is 1. The molecular formula is C34H48N2. The van der Waals surface area contributed by atoms with Crippen molar-refractivity contribution in [2.75, 3.05) is 6.54 Å². The third-order valence-corrected chi connectivity index (χ3v) is 9.47. The van der Waals surface area contributed by atoms with Crippen molar-refractivity contribution in [2.45, 2.75) is 103 Å². The summed E-state index contributed by atoms with van der Waals surface area (Å²) in [4.78, 5) is 0. The minimum absolute atomic E-state index is 0.482. The number of aryl methyl sites for hydroxylation is 1. The lowest BCUT2D eigenvalue weighted by molar-refractivity contribution is 0.262. The van der Waals surface area contributed by atoms with Gasteiger partial charge in [0.25, 0.3) is 0 Å². The topological polar surface area (TPSA) is 30.9 Å². The molecule has 2 nitrogen and oxygen atoms in total. The number of nitrogens with two attached hydrogens (primary N) is 1. The highest BCUT2D eigenvalue weighted by Crippen LogP contribution is 2.38. The molecule has 1 aromatic heterocycles. The Morgan fingerprint density at radius 3 is 2.39 bits per heavy atom. The van der Waals surface area contributed by atoms with Crippen molar-refractivity contribution in [2.24, 2.45) is 23.5 Å². The van der Waals surface area contributed by atoms with E-state index in [0.717, 1.165) is 24.3 Å². The smallest absolute Gasteiger partial charge is 0.0483 e. The number of hydrogen-bond acceptors (Lipinski definition) is 1. The Morgan fingerprint density at radius 2 is 1.61 bits per heavy atom. The largest absolute Gasteiger partial charge is 0.347 e. The van der Waals surface area contributed by atoms with Gasteiger partial charge in [0.05, 0.1) is 0 Å². The van der Waals surface area contributed by atoms with E-state index in [1.165, 1.54) is 112 Å². The van der Waals surface area contributed by atoms with E-state index in [9.17, 15) is 0 Å². The number of rotatable bonds is 10. The molecule has 2 N–H and O–H groups in total. The van der Waals surface area contributed by atoms with Gasteiger partial charge in [-0.05, 0) is 80.5 Å². The lowest BCUT2D eigenvalue weighted by Gasteiger charge is -2.27. The number of para-hydroxylation sites is 1. The van der Waals surface area contributed by atoms with Gasteiger partial charge < -0.3 is 10.3 Å². The maximum Gasteiger partial charge on any atom is 0.0483 e. The molecular weight excluding hydrogens is 436 g/mol. The zero-order chi connectivity index (χ0) is 24.7. The molecule has 2 aromatic carbocycles. The predicted molar refractivity (Wildman–Crippen MR) is 155 cm³/mol. The molecule has 36 heavy (non-hydrogen) atoms. The van der Waals surface area contributed by atoms with Crippen molar-refractivity contribution in [3.8, 4) is 0 Å². The van der Waals surface area contributed by atoms with Crippen LogP contribution in [0.4, 0.5) is 0 Å². The molecule has 2 heteroatoms. The molecule has 0 bridgehead atoms. The molecule has 5 rings (SSSR count). The van der Waals surface area contributed by atoms with E-state index in [1.807, 2.05) is 0 Å². The van der Waals surface area contributed by atoms with Crippen molar-refractivity contribution in [3.63, 3.8) is 0 Å². The van der Waals surface area contributed by atoms with Crippen LogP contribution < -0.4 is 5.73 Å². The molecule has 1 atom stereocenters. The highest BCUT2D eigenvalue weighted by Gasteiger charge is 2.23. The molecule has 0 saturated heterocycles. The van der Waals surface area contributed by atoms with E-state index in [4.69, 9.17) is 5.73 Å². The number of aromatic nitrogens is 1. The molecule has 2 fully saturated rings. The second-order valence-electron chi connectivity index (χ2n) is 12.1. The number of fused-ring (bicyclic) bond motifs is 1. The summed E-state index contributed by atoms with van der Waals surface area (Å²) in [6.45, 7) is 4.32. The van der Waals surface area contributed by atoms with E-state index in [2.05, 4.69) is 66.2 Å². The van der Waals surface area contributed by atoms with Gasteiger partial charge in [-0.2, -0.15) is 0 Å². The Hall–Kier alpha value is -2.06. The third kappa shape index (κ3) is 6.25. The van der Waals surface area contributed by atoms with Gasteiger partial charge in [-0.1, -0.05) is 99.4 Å². The minimum Gasteiger partial charge on any atom is -0.347 e. The Morgan fingerprint density at radius 1 is 0.833 bits per heavy atom. The van der Waals surface area contributed by atoms with Gasteiger partial charge in [-0.25, -0.2) is 0 Å². The van der Waals surface area contributed by atoms with Crippen molar-refractivity contribution in [3.05, 3.63) is 71.4 Å². The highest BCUT2D eigenvalue weighted by molar-refractivity contribution is 5.85. The Balaban J connectivity index is 1.33. The molecule has 2 aliphatic rings. The van der Waals surface area contributed by atoms with E-state index in [1.54, 1.807) is 5.56 Å². The normalized spacial score (nSPS) is 22.2. The fourth-order valence-electron chi connectivity index (χ4n) is 7.28. The van der Waals surface area contributed by atoms with Crippen molar-refractivity contribution in [1.29, 1.82) is 0 Å². The zero-order valence-corrected chi connectivity index (χ0v) is 22.6. The standard InChI is InChI=1S/C34H48N2/c1-26-10-9-14-30(22-26)31(15-6-5-11-27-18-20-28(23-35)21-19-27)33-25-36(24-29-12-3-2-4-13-29)34-17-8-7-16-32(33)34/h7-10,14,16-17,22,25,27-29,31H,2-6,11-13,15,18-21,23-24,35H2,1H3. The Bertz CT molecular complexity index is 1080. The van der Waals surface area contributed by atoms with Crippen LogP contribution in [0, 0.1) is 24.7 Å². The molecule has 194 valence electrons. The van der Waals surface area contributed by atoms with Crippen LogP contribution in [-0.4, -0.2) is 11.1 Å². The average molecular weight is 485 g/mol. The second-order valence-corrected chi connectivity index (χ2v) is 12.1. The summed E-state index contributed by atoms with van der Waals surface area (Å²) >= 11 is 0. The fraction of sp³-hybridized carbons (Fsp3) is 0.588. The monoisotopic (exact) mass is 484 g/mol. The summed E-state index contributed by atoms with van der Waals surface area (Å²) in [7, 11) is 0. The van der Waals surface area contributed by atoms with Gasteiger partial charge in [-0.3, -0.25) is 0 Å². The van der Waals surface area contributed by atoms with Crippen LogP contribution in [-0.2, 0) is 6.54 Å².